The Morgan fingerprint density at radius 3 is 2.38 bits per heavy atom. The number of aliphatic hydroxyl groups excluding tert-OH is 3. The van der Waals surface area contributed by atoms with Gasteiger partial charge < -0.3 is 36.6 Å². The highest BCUT2D eigenvalue weighted by Crippen LogP contribution is 2.56. The molecule has 0 aliphatic heterocycles. The maximum atomic E-state index is 14.0. The Balaban J connectivity index is 1.57. The average Bonchev–Trinajstić information content (AvgIpc) is 3.61. The van der Waals surface area contributed by atoms with Crippen LogP contribution in [0.1, 0.15) is 37.3 Å². The quantitative estimate of drug-likeness (QED) is 0.113. The van der Waals surface area contributed by atoms with Crippen LogP contribution in [0.4, 0.5) is 5.69 Å². The zero-order chi connectivity index (χ0) is 31.0. The Bertz CT molecular complexity index is 1470. The number of hydrogen-bond donors (Lipinski definition) is 8. The summed E-state index contributed by atoms with van der Waals surface area (Å²) < 4.78 is 0. The number of aromatic hydroxyl groups is 1. The minimum Gasteiger partial charge on any atom is -0.508 e. The van der Waals surface area contributed by atoms with E-state index in [1.165, 1.54) is 31.1 Å². The summed E-state index contributed by atoms with van der Waals surface area (Å²) in [6, 6.07) is 1.48. The number of ketones is 2. The van der Waals surface area contributed by atoms with Gasteiger partial charge in [-0.3, -0.25) is 28.9 Å². The van der Waals surface area contributed by atoms with Gasteiger partial charge in [0.05, 0.1) is 35.4 Å². The minimum absolute atomic E-state index is 0.0226. The Kier molecular flexibility index (Phi) is 7.18. The van der Waals surface area contributed by atoms with Crippen LogP contribution in [0.25, 0.3) is 5.76 Å². The van der Waals surface area contributed by atoms with Crippen LogP contribution in [0.2, 0.25) is 0 Å². The Labute approximate surface area is 240 Å². The molecule has 1 aromatic rings. The number of amides is 2. The molecule has 0 bridgehead atoms. The molecule has 0 spiro atoms. The van der Waals surface area contributed by atoms with E-state index in [-0.39, 0.29) is 23.9 Å². The summed E-state index contributed by atoms with van der Waals surface area (Å²) in [5.41, 5.74) is 3.38. The number of carbonyl (C=O) groups excluding carboxylic acids is 4. The summed E-state index contributed by atoms with van der Waals surface area (Å²) in [6.07, 6.45) is -0.794. The molecular weight excluding hydrogens is 552 g/mol. The van der Waals surface area contributed by atoms with E-state index in [0.717, 1.165) is 6.42 Å². The first-order valence-corrected chi connectivity index (χ1v) is 13.5. The molecule has 42 heavy (non-hydrogen) atoms. The van der Waals surface area contributed by atoms with E-state index >= 15 is 0 Å². The molecule has 2 fully saturated rings. The topological polar surface area (TPSA) is 232 Å². The molecule has 6 unspecified atom stereocenters. The number of nitrogens with one attached hydrogen (secondary N) is 2. The third kappa shape index (κ3) is 4.21. The number of primary amides is 1. The molecule has 0 heterocycles. The molecule has 4 aliphatic carbocycles. The van der Waals surface area contributed by atoms with Gasteiger partial charge in [0.1, 0.15) is 29.4 Å². The van der Waals surface area contributed by atoms with Gasteiger partial charge in [-0.15, -0.1) is 0 Å². The highest BCUT2D eigenvalue weighted by atomic mass is 16.7. The van der Waals surface area contributed by atoms with Crippen molar-refractivity contribution < 1.29 is 49.5 Å². The zero-order valence-electron chi connectivity index (χ0n) is 23.4. The number of likely N-dealkylation sites (N-methyl/N-ethyl adjacent to an activating group) is 1. The van der Waals surface area contributed by atoms with Crippen LogP contribution in [0, 0.1) is 17.8 Å². The average molecular weight is 587 g/mol. The second-order valence-corrected chi connectivity index (χ2v) is 11.7. The number of aliphatic hydroxyl groups is 4. The van der Waals surface area contributed by atoms with E-state index in [4.69, 9.17) is 10.6 Å². The molecule has 2 saturated carbocycles. The van der Waals surface area contributed by atoms with E-state index in [1.54, 1.807) is 6.92 Å². The summed E-state index contributed by atoms with van der Waals surface area (Å²) in [5.74, 6) is -10.1. The van der Waals surface area contributed by atoms with Crippen molar-refractivity contribution in [1.29, 1.82) is 0 Å². The first kappa shape index (κ1) is 29.7. The molecule has 1 aromatic carbocycles. The molecule has 8 atom stereocenters. The number of nitrogens with zero attached hydrogens (tertiary/aromatic N) is 1. The molecule has 4 aliphatic rings. The third-order valence-electron chi connectivity index (χ3n) is 8.91. The SMILES string of the molecule is CC1CC1ONCC(=O)Nc1ccc2c(c1O)C(O)=C1C(=O)[C@]3(O)C(O)=C(C(N)=O)C(=O)[C@@H](N(C)C)C3C(O)C1C2C. The van der Waals surface area contributed by atoms with Crippen LogP contribution in [-0.2, 0) is 24.0 Å². The van der Waals surface area contributed by atoms with Crippen molar-refractivity contribution >= 4 is 34.8 Å². The molecule has 14 nitrogen and oxygen atoms in total. The van der Waals surface area contributed by atoms with Crippen molar-refractivity contribution in [2.75, 3.05) is 26.0 Å². The summed E-state index contributed by atoms with van der Waals surface area (Å²) >= 11 is 0. The van der Waals surface area contributed by atoms with Gasteiger partial charge in [0.2, 0.25) is 11.7 Å². The van der Waals surface area contributed by atoms with Crippen LogP contribution in [-0.4, -0.2) is 98.3 Å². The Morgan fingerprint density at radius 2 is 1.81 bits per heavy atom. The van der Waals surface area contributed by atoms with E-state index in [2.05, 4.69) is 10.8 Å². The highest BCUT2D eigenvalue weighted by Gasteiger charge is 2.68. The number of nitrogens with two attached hydrogens (primary N) is 1. The van der Waals surface area contributed by atoms with Crippen molar-refractivity contribution in [3.8, 4) is 5.75 Å². The van der Waals surface area contributed by atoms with Crippen LogP contribution in [0.5, 0.6) is 5.75 Å². The Morgan fingerprint density at radius 1 is 1.17 bits per heavy atom. The molecule has 14 heteroatoms. The standard InChI is InChI=1S/C28H34N4O10/c1-9-7-13(9)42-30-8-14(33)31-12-6-5-11-10(2)15-17(22(35)16(11)21(12)34)25(38)28(41)19(23(15)36)20(32(3)4)24(37)18(26(28)39)27(29)40/h5-6,9-10,13,15,19-20,23,30,34-36,39,41H,7-8H2,1-4H3,(H2,29,40)(H,31,33)/t9?,10?,13?,15?,19?,20-,23?,28-/m0/s1. The maximum Gasteiger partial charge on any atom is 0.255 e. The Hall–Kier alpha value is -3.82. The number of phenolic OH excluding ortho intramolecular Hbond substituents is 1. The van der Waals surface area contributed by atoms with Crippen molar-refractivity contribution in [3.05, 3.63) is 40.2 Å². The van der Waals surface area contributed by atoms with Crippen molar-refractivity contribution in [2.45, 2.75) is 50.0 Å². The van der Waals surface area contributed by atoms with Crippen LogP contribution in [0.15, 0.2) is 29.0 Å². The van der Waals surface area contributed by atoms with Crippen molar-refractivity contribution in [3.63, 3.8) is 0 Å². The number of fused-ring (bicyclic) bond motifs is 3. The first-order chi connectivity index (χ1) is 19.6. The second kappa shape index (κ2) is 10.2. The fourth-order valence-electron chi connectivity index (χ4n) is 6.58. The molecule has 2 amide bonds. The molecular formula is C28H34N4O10. The highest BCUT2D eigenvalue weighted by molar-refractivity contribution is 6.24. The van der Waals surface area contributed by atoms with Gasteiger partial charge in [-0.25, -0.2) is 0 Å². The maximum absolute atomic E-state index is 14.0. The smallest absolute Gasteiger partial charge is 0.255 e. The predicted molar refractivity (Wildman–Crippen MR) is 146 cm³/mol. The summed E-state index contributed by atoms with van der Waals surface area (Å²) in [7, 11) is 2.87. The van der Waals surface area contributed by atoms with Crippen LogP contribution < -0.4 is 16.5 Å². The number of rotatable bonds is 7. The molecule has 0 aromatic heterocycles. The van der Waals surface area contributed by atoms with Gasteiger partial charge in [0.15, 0.2) is 11.4 Å². The predicted octanol–water partition coefficient (Wildman–Crippen LogP) is -0.636. The summed E-state index contributed by atoms with van der Waals surface area (Å²) in [4.78, 5) is 58.5. The molecule has 226 valence electrons. The van der Waals surface area contributed by atoms with Gasteiger partial charge in [-0.05, 0) is 44.0 Å². The summed E-state index contributed by atoms with van der Waals surface area (Å²) in [5, 5.41) is 59.3. The lowest BCUT2D eigenvalue weighted by Gasteiger charge is -2.53. The first-order valence-electron chi connectivity index (χ1n) is 13.5. The van der Waals surface area contributed by atoms with Gasteiger partial charge in [0, 0.05) is 11.5 Å². The van der Waals surface area contributed by atoms with Gasteiger partial charge in [-0.2, -0.15) is 5.48 Å². The lowest BCUT2D eigenvalue weighted by Crippen LogP contribution is -2.70. The number of benzene rings is 1. The monoisotopic (exact) mass is 586 g/mol. The number of hydroxylamine groups is 1. The number of phenols is 1. The number of carbonyl (C=O) groups is 4. The van der Waals surface area contributed by atoms with E-state index in [0.29, 0.717) is 11.5 Å². The molecule has 0 radical (unpaired) electrons. The normalized spacial score (nSPS) is 33.7. The molecule has 9 N–H and O–H groups in total. The van der Waals surface area contributed by atoms with Crippen molar-refractivity contribution in [2.24, 2.45) is 23.5 Å². The minimum atomic E-state index is -3.00. The fraction of sp³-hybridized carbons (Fsp3) is 0.500. The number of anilines is 1. The van der Waals surface area contributed by atoms with Crippen LogP contribution >= 0.6 is 0 Å². The lowest BCUT2D eigenvalue weighted by atomic mass is 9.54. The molecule has 5 rings (SSSR count). The third-order valence-corrected chi connectivity index (χ3v) is 8.91. The summed E-state index contributed by atoms with van der Waals surface area (Å²) in [6.45, 7) is 3.39. The van der Waals surface area contributed by atoms with E-state index < -0.39 is 87.3 Å². The van der Waals surface area contributed by atoms with Crippen molar-refractivity contribution in [1.82, 2.24) is 10.4 Å². The van der Waals surface area contributed by atoms with E-state index in [9.17, 15) is 44.7 Å². The fourth-order valence-corrected chi connectivity index (χ4v) is 6.58. The largest absolute Gasteiger partial charge is 0.508 e. The van der Waals surface area contributed by atoms with Crippen LogP contribution in [0.3, 0.4) is 0 Å². The zero-order valence-corrected chi connectivity index (χ0v) is 23.4. The molecule has 0 saturated heterocycles. The van der Waals surface area contributed by atoms with Gasteiger partial charge >= 0.3 is 0 Å². The second-order valence-electron chi connectivity index (χ2n) is 11.7. The van der Waals surface area contributed by atoms with Gasteiger partial charge in [0.25, 0.3) is 5.91 Å². The van der Waals surface area contributed by atoms with Gasteiger partial charge in [-0.1, -0.05) is 19.9 Å². The lowest BCUT2D eigenvalue weighted by molar-refractivity contribution is -0.169. The van der Waals surface area contributed by atoms with E-state index in [1.807, 2.05) is 6.92 Å². The number of hydrogen-bond acceptors (Lipinski definition) is 12. The number of Topliss-reactive ketones (excluding diaryl/α,β-unsaturated/α-hetero) is 2.